The molecule has 90 valence electrons. The third-order valence-electron chi connectivity index (χ3n) is 2.01. The van der Waals surface area contributed by atoms with E-state index in [-0.39, 0.29) is 12.4 Å². The summed E-state index contributed by atoms with van der Waals surface area (Å²) in [5, 5.41) is 19.0. The van der Waals surface area contributed by atoms with Crippen LogP contribution in [0.5, 0.6) is 5.75 Å². The van der Waals surface area contributed by atoms with E-state index in [1.54, 1.807) is 20.8 Å². The Hall–Kier alpha value is -1.13. The summed E-state index contributed by atoms with van der Waals surface area (Å²) in [6.45, 7) is 4.79. The zero-order chi connectivity index (χ0) is 12.3. The summed E-state index contributed by atoms with van der Waals surface area (Å²) in [6.07, 6.45) is -0.739. The molecule has 1 aromatic rings. The van der Waals surface area contributed by atoms with E-state index in [4.69, 9.17) is 4.74 Å². The molecule has 0 saturated heterocycles. The summed E-state index contributed by atoms with van der Waals surface area (Å²) in [5.41, 5.74) is -0.493. The van der Waals surface area contributed by atoms with Gasteiger partial charge in [0.2, 0.25) is 0 Å². The first-order chi connectivity index (χ1) is 7.29. The van der Waals surface area contributed by atoms with Gasteiger partial charge >= 0.3 is 0 Å². The fraction of sp³-hybridized carbons (Fsp3) is 0.500. The molecule has 0 radical (unpaired) electrons. The number of aliphatic hydroxyl groups is 2. The molecule has 0 unspecified atom stereocenters. The standard InChI is InChI=1S/C12H17FO3/c1-8(14)10-5-4-9(13)6-11(10)16-7-12(2,3)15/h4-6,8,14-15H,7H2,1-3H3/t8-/m1/s1. The Morgan fingerprint density at radius 1 is 1.44 bits per heavy atom. The van der Waals surface area contributed by atoms with Gasteiger partial charge in [-0.3, -0.25) is 0 Å². The lowest BCUT2D eigenvalue weighted by atomic mass is 10.1. The maximum absolute atomic E-state index is 13.0. The monoisotopic (exact) mass is 228 g/mol. The van der Waals surface area contributed by atoms with Crippen LogP contribution in [-0.2, 0) is 0 Å². The lowest BCUT2D eigenvalue weighted by Gasteiger charge is -2.20. The molecule has 3 nitrogen and oxygen atoms in total. The minimum Gasteiger partial charge on any atom is -0.490 e. The fourth-order valence-corrected chi connectivity index (χ4v) is 1.23. The highest BCUT2D eigenvalue weighted by atomic mass is 19.1. The van der Waals surface area contributed by atoms with Crippen molar-refractivity contribution in [3.05, 3.63) is 29.6 Å². The van der Waals surface area contributed by atoms with E-state index in [0.717, 1.165) is 0 Å². The van der Waals surface area contributed by atoms with E-state index in [0.29, 0.717) is 5.56 Å². The predicted octanol–water partition coefficient (Wildman–Crippen LogP) is 2.03. The molecule has 0 aromatic heterocycles. The molecule has 0 bridgehead atoms. The van der Waals surface area contributed by atoms with Crippen molar-refractivity contribution in [3.63, 3.8) is 0 Å². The summed E-state index contributed by atoms with van der Waals surface area (Å²) < 4.78 is 18.3. The first kappa shape index (κ1) is 12.9. The average molecular weight is 228 g/mol. The molecule has 1 aromatic carbocycles. The summed E-state index contributed by atoms with van der Waals surface area (Å²) in [5.74, 6) is -0.174. The van der Waals surface area contributed by atoms with E-state index in [2.05, 4.69) is 0 Å². The number of hydrogen-bond donors (Lipinski definition) is 2. The van der Waals surface area contributed by atoms with Crippen LogP contribution in [0.3, 0.4) is 0 Å². The summed E-state index contributed by atoms with van der Waals surface area (Å²) >= 11 is 0. The zero-order valence-corrected chi connectivity index (χ0v) is 9.70. The Morgan fingerprint density at radius 3 is 2.56 bits per heavy atom. The number of benzene rings is 1. The molecule has 0 amide bonds. The Morgan fingerprint density at radius 2 is 2.06 bits per heavy atom. The smallest absolute Gasteiger partial charge is 0.128 e. The quantitative estimate of drug-likeness (QED) is 0.829. The van der Waals surface area contributed by atoms with Crippen molar-refractivity contribution in [2.24, 2.45) is 0 Å². The molecule has 0 aliphatic carbocycles. The van der Waals surface area contributed by atoms with Crippen molar-refractivity contribution >= 4 is 0 Å². The van der Waals surface area contributed by atoms with E-state index in [9.17, 15) is 14.6 Å². The van der Waals surface area contributed by atoms with Crippen LogP contribution in [0, 0.1) is 5.82 Å². The molecular formula is C12H17FO3. The van der Waals surface area contributed by atoms with Gasteiger partial charge in [0, 0.05) is 11.6 Å². The number of ether oxygens (including phenoxy) is 1. The van der Waals surface area contributed by atoms with Crippen LogP contribution >= 0.6 is 0 Å². The first-order valence-electron chi connectivity index (χ1n) is 5.12. The van der Waals surface area contributed by atoms with Gasteiger partial charge in [0.1, 0.15) is 18.2 Å². The van der Waals surface area contributed by atoms with Crippen LogP contribution < -0.4 is 4.74 Å². The van der Waals surface area contributed by atoms with Gasteiger partial charge in [-0.2, -0.15) is 0 Å². The molecule has 1 rings (SSSR count). The second-order valence-corrected chi connectivity index (χ2v) is 4.46. The normalized spacial score (nSPS) is 13.6. The van der Waals surface area contributed by atoms with Gasteiger partial charge in [-0.1, -0.05) is 0 Å². The summed E-state index contributed by atoms with van der Waals surface area (Å²) in [7, 11) is 0. The van der Waals surface area contributed by atoms with Crippen molar-refractivity contribution in [2.75, 3.05) is 6.61 Å². The van der Waals surface area contributed by atoms with Crippen molar-refractivity contribution in [3.8, 4) is 5.75 Å². The van der Waals surface area contributed by atoms with Crippen LogP contribution in [-0.4, -0.2) is 22.4 Å². The Kier molecular flexibility index (Phi) is 3.88. The van der Waals surface area contributed by atoms with Gasteiger partial charge in [0.25, 0.3) is 0 Å². The first-order valence-corrected chi connectivity index (χ1v) is 5.12. The van der Waals surface area contributed by atoms with Crippen molar-refractivity contribution in [1.29, 1.82) is 0 Å². The van der Waals surface area contributed by atoms with Crippen LogP contribution in [0.25, 0.3) is 0 Å². The lowest BCUT2D eigenvalue weighted by molar-refractivity contribution is 0.0271. The number of halogens is 1. The van der Waals surface area contributed by atoms with Gasteiger partial charge in [0.15, 0.2) is 0 Å². The average Bonchev–Trinajstić information content (AvgIpc) is 2.13. The van der Waals surface area contributed by atoms with Gasteiger partial charge in [-0.05, 0) is 32.9 Å². The molecule has 0 heterocycles. The molecule has 4 heteroatoms. The second kappa shape index (κ2) is 4.80. The third-order valence-corrected chi connectivity index (χ3v) is 2.01. The predicted molar refractivity (Wildman–Crippen MR) is 58.8 cm³/mol. The largest absolute Gasteiger partial charge is 0.490 e. The fourth-order valence-electron chi connectivity index (χ4n) is 1.23. The molecule has 16 heavy (non-hydrogen) atoms. The van der Waals surface area contributed by atoms with Gasteiger partial charge in [-0.15, -0.1) is 0 Å². The summed E-state index contributed by atoms with van der Waals surface area (Å²) in [6, 6.07) is 3.94. The van der Waals surface area contributed by atoms with E-state index >= 15 is 0 Å². The maximum Gasteiger partial charge on any atom is 0.128 e. The van der Waals surface area contributed by atoms with Gasteiger partial charge in [0.05, 0.1) is 11.7 Å². The van der Waals surface area contributed by atoms with Crippen molar-refractivity contribution < 1.29 is 19.3 Å². The van der Waals surface area contributed by atoms with Gasteiger partial charge < -0.3 is 14.9 Å². The zero-order valence-electron chi connectivity index (χ0n) is 9.70. The molecule has 0 saturated carbocycles. The van der Waals surface area contributed by atoms with E-state index in [1.807, 2.05) is 0 Å². The highest BCUT2D eigenvalue weighted by molar-refractivity contribution is 5.35. The van der Waals surface area contributed by atoms with Crippen LogP contribution in [0.1, 0.15) is 32.4 Å². The molecule has 2 N–H and O–H groups in total. The molecule has 0 spiro atoms. The second-order valence-electron chi connectivity index (χ2n) is 4.46. The Labute approximate surface area is 94.5 Å². The highest BCUT2D eigenvalue weighted by Crippen LogP contribution is 2.26. The van der Waals surface area contributed by atoms with Crippen LogP contribution in [0.4, 0.5) is 4.39 Å². The van der Waals surface area contributed by atoms with Crippen LogP contribution in [0.2, 0.25) is 0 Å². The minimum absolute atomic E-state index is 0.0379. The molecule has 0 fully saturated rings. The topological polar surface area (TPSA) is 49.7 Å². The highest BCUT2D eigenvalue weighted by Gasteiger charge is 2.16. The van der Waals surface area contributed by atoms with E-state index in [1.165, 1.54) is 18.2 Å². The van der Waals surface area contributed by atoms with Crippen molar-refractivity contribution in [1.82, 2.24) is 0 Å². The number of aliphatic hydroxyl groups excluding tert-OH is 1. The molecule has 0 aliphatic rings. The number of hydrogen-bond acceptors (Lipinski definition) is 3. The molecular weight excluding hydrogens is 211 g/mol. The number of rotatable bonds is 4. The third kappa shape index (κ3) is 3.79. The molecule has 1 atom stereocenters. The molecule has 0 aliphatic heterocycles. The summed E-state index contributed by atoms with van der Waals surface area (Å²) in [4.78, 5) is 0. The Bertz CT molecular complexity index is 356. The SMILES string of the molecule is C[C@@H](O)c1ccc(F)cc1OCC(C)(C)O. The maximum atomic E-state index is 13.0. The minimum atomic E-state index is -0.998. The van der Waals surface area contributed by atoms with Crippen LogP contribution in [0.15, 0.2) is 18.2 Å². The lowest BCUT2D eigenvalue weighted by Crippen LogP contribution is -2.28. The Balaban J connectivity index is 2.88. The van der Waals surface area contributed by atoms with Gasteiger partial charge in [-0.25, -0.2) is 4.39 Å². The van der Waals surface area contributed by atoms with Crippen molar-refractivity contribution in [2.45, 2.75) is 32.5 Å². The van der Waals surface area contributed by atoms with E-state index < -0.39 is 17.5 Å².